The Kier molecular flexibility index (Phi) is 4.11. The molecule has 4 nitrogen and oxygen atoms in total. The molecule has 3 rings (SSSR count). The molecule has 1 heterocycles. The molecule has 1 unspecified atom stereocenters. The zero-order valence-corrected chi connectivity index (χ0v) is 12.7. The van der Waals surface area contributed by atoms with Crippen molar-refractivity contribution in [3.05, 3.63) is 54.1 Å². The van der Waals surface area contributed by atoms with Crippen molar-refractivity contribution in [2.45, 2.75) is 11.8 Å². The fourth-order valence-electron chi connectivity index (χ4n) is 2.22. The Morgan fingerprint density at radius 1 is 1.27 bits per heavy atom. The van der Waals surface area contributed by atoms with Gasteiger partial charge in [-0.3, -0.25) is 4.79 Å². The van der Waals surface area contributed by atoms with Gasteiger partial charge in [-0.25, -0.2) is 4.98 Å². The minimum Gasteiger partial charge on any atom is -0.468 e. The van der Waals surface area contributed by atoms with Gasteiger partial charge in [-0.15, -0.1) is 11.6 Å². The first kappa shape index (κ1) is 14.6. The summed E-state index contributed by atoms with van der Waals surface area (Å²) in [5, 5.41) is -0.706. The van der Waals surface area contributed by atoms with Gasteiger partial charge in [-0.05, 0) is 36.2 Å². The van der Waals surface area contributed by atoms with E-state index in [1.54, 1.807) is 0 Å². The number of methoxy groups -OCH3 is 1. The van der Waals surface area contributed by atoms with E-state index < -0.39 is 11.3 Å². The molecule has 5 heteroatoms. The SMILES string of the molecule is COC(=O)C(Cl)Cc1ccc2oc(-c3ccccc3)nc2c1. The molecule has 0 saturated heterocycles. The second-order valence-corrected chi connectivity index (χ2v) is 5.41. The van der Waals surface area contributed by atoms with Crippen molar-refractivity contribution in [3.8, 4) is 11.5 Å². The maximum Gasteiger partial charge on any atom is 0.324 e. The van der Waals surface area contributed by atoms with Crippen molar-refractivity contribution in [2.24, 2.45) is 0 Å². The third kappa shape index (κ3) is 2.97. The van der Waals surface area contributed by atoms with E-state index in [2.05, 4.69) is 9.72 Å². The highest BCUT2D eigenvalue weighted by molar-refractivity contribution is 6.30. The quantitative estimate of drug-likeness (QED) is 0.542. The van der Waals surface area contributed by atoms with Gasteiger partial charge in [0, 0.05) is 5.56 Å². The van der Waals surface area contributed by atoms with Gasteiger partial charge >= 0.3 is 5.97 Å². The first-order valence-electron chi connectivity index (χ1n) is 6.84. The zero-order chi connectivity index (χ0) is 15.5. The van der Waals surface area contributed by atoms with Crippen LogP contribution in [0.15, 0.2) is 52.9 Å². The lowest BCUT2D eigenvalue weighted by Gasteiger charge is -2.06. The third-order valence-electron chi connectivity index (χ3n) is 3.34. The summed E-state index contributed by atoms with van der Waals surface area (Å²) >= 11 is 6.00. The Morgan fingerprint density at radius 3 is 2.77 bits per heavy atom. The molecule has 0 radical (unpaired) electrons. The van der Waals surface area contributed by atoms with Crippen LogP contribution in [0.3, 0.4) is 0 Å². The smallest absolute Gasteiger partial charge is 0.324 e. The number of benzene rings is 2. The maximum absolute atomic E-state index is 11.4. The van der Waals surface area contributed by atoms with Crippen LogP contribution in [-0.4, -0.2) is 23.4 Å². The van der Waals surface area contributed by atoms with Crippen LogP contribution in [-0.2, 0) is 16.0 Å². The number of hydrogen-bond acceptors (Lipinski definition) is 4. The van der Waals surface area contributed by atoms with E-state index in [4.69, 9.17) is 16.0 Å². The third-order valence-corrected chi connectivity index (χ3v) is 3.68. The number of alkyl halides is 1. The summed E-state index contributed by atoms with van der Waals surface area (Å²) in [5.74, 6) is 0.134. The molecule has 0 saturated carbocycles. The van der Waals surface area contributed by atoms with Crippen LogP contribution in [0.5, 0.6) is 0 Å². The average Bonchev–Trinajstić information content (AvgIpc) is 2.98. The van der Waals surface area contributed by atoms with E-state index >= 15 is 0 Å². The van der Waals surface area contributed by atoms with Gasteiger partial charge < -0.3 is 9.15 Å². The monoisotopic (exact) mass is 315 g/mol. The fourth-order valence-corrected chi connectivity index (χ4v) is 2.49. The van der Waals surface area contributed by atoms with Crippen LogP contribution in [0.1, 0.15) is 5.56 Å². The molecule has 112 valence electrons. The predicted molar refractivity (Wildman–Crippen MR) is 84.8 cm³/mol. The molecule has 0 amide bonds. The van der Waals surface area contributed by atoms with Gasteiger partial charge in [-0.1, -0.05) is 24.3 Å². The number of rotatable bonds is 4. The normalized spacial score (nSPS) is 12.3. The molecular formula is C17H14ClNO3. The fraction of sp³-hybridized carbons (Fsp3) is 0.176. The summed E-state index contributed by atoms with van der Waals surface area (Å²) in [4.78, 5) is 15.9. The highest BCUT2D eigenvalue weighted by atomic mass is 35.5. The van der Waals surface area contributed by atoms with E-state index in [9.17, 15) is 4.79 Å². The second kappa shape index (κ2) is 6.20. The molecule has 22 heavy (non-hydrogen) atoms. The minimum absolute atomic E-state index is 0.387. The van der Waals surface area contributed by atoms with Gasteiger partial charge in [0.2, 0.25) is 5.89 Å². The van der Waals surface area contributed by atoms with Gasteiger partial charge in [0.05, 0.1) is 7.11 Å². The van der Waals surface area contributed by atoms with Crippen LogP contribution in [0, 0.1) is 0 Å². The van der Waals surface area contributed by atoms with Gasteiger partial charge in [0.25, 0.3) is 0 Å². The minimum atomic E-state index is -0.706. The predicted octanol–water partition coefficient (Wildman–Crippen LogP) is 3.82. The van der Waals surface area contributed by atoms with Crippen molar-refractivity contribution in [3.63, 3.8) is 0 Å². The van der Waals surface area contributed by atoms with Crippen molar-refractivity contribution in [1.29, 1.82) is 0 Å². The number of halogens is 1. The average molecular weight is 316 g/mol. The molecule has 1 aromatic heterocycles. The Hall–Kier alpha value is -2.33. The molecule has 0 fully saturated rings. The van der Waals surface area contributed by atoms with Gasteiger partial charge in [0.1, 0.15) is 10.9 Å². The standard InChI is InChI=1S/C17H14ClNO3/c1-21-17(20)13(18)9-11-7-8-15-14(10-11)19-16(22-15)12-5-3-2-4-6-12/h2-8,10,13H,9H2,1H3. The lowest BCUT2D eigenvalue weighted by Crippen LogP contribution is -2.18. The summed E-state index contributed by atoms with van der Waals surface area (Å²) < 4.78 is 10.4. The van der Waals surface area contributed by atoms with E-state index in [0.717, 1.165) is 16.6 Å². The maximum atomic E-state index is 11.4. The summed E-state index contributed by atoms with van der Waals surface area (Å²) in [6, 6.07) is 15.3. The van der Waals surface area contributed by atoms with Crippen LogP contribution in [0.4, 0.5) is 0 Å². The summed E-state index contributed by atoms with van der Waals surface area (Å²) in [7, 11) is 1.32. The second-order valence-electron chi connectivity index (χ2n) is 4.88. The summed E-state index contributed by atoms with van der Waals surface area (Å²) in [5.41, 5.74) is 3.27. The number of carbonyl (C=O) groups is 1. The van der Waals surface area contributed by atoms with Crippen molar-refractivity contribution < 1.29 is 13.9 Å². The Bertz CT molecular complexity index is 798. The molecule has 0 N–H and O–H groups in total. The molecule has 3 aromatic rings. The van der Waals surface area contributed by atoms with Crippen LogP contribution in [0.25, 0.3) is 22.6 Å². The molecular weight excluding hydrogens is 302 g/mol. The highest BCUT2D eigenvalue weighted by Gasteiger charge is 2.17. The van der Waals surface area contributed by atoms with Crippen LogP contribution < -0.4 is 0 Å². The molecule has 1 atom stereocenters. The number of aromatic nitrogens is 1. The lowest BCUT2D eigenvalue weighted by atomic mass is 10.1. The Morgan fingerprint density at radius 2 is 2.05 bits per heavy atom. The van der Waals surface area contributed by atoms with Crippen molar-refractivity contribution in [2.75, 3.05) is 7.11 Å². The van der Waals surface area contributed by atoms with E-state index in [0.29, 0.717) is 17.9 Å². The van der Waals surface area contributed by atoms with Crippen LogP contribution in [0.2, 0.25) is 0 Å². The number of carbonyl (C=O) groups excluding carboxylic acids is 1. The summed E-state index contributed by atoms with van der Waals surface area (Å²) in [6.07, 6.45) is 0.387. The molecule has 2 aromatic carbocycles. The topological polar surface area (TPSA) is 52.3 Å². The van der Waals surface area contributed by atoms with Gasteiger partial charge in [0.15, 0.2) is 5.58 Å². The first-order chi connectivity index (χ1) is 10.7. The number of hydrogen-bond donors (Lipinski definition) is 0. The first-order valence-corrected chi connectivity index (χ1v) is 7.28. The molecule has 0 aliphatic carbocycles. The Labute approximate surface area is 132 Å². The van der Waals surface area contributed by atoms with E-state index in [1.807, 2.05) is 48.5 Å². The number of fused-ring (bicyclic) bond motifs is 1. The lowest BCUT2D eigenvalue weighted by molar-refractivity contribution is -0.140. The highest BCUT2D eigenvalue weighted by Crippen LogP contribution is 2.25. The largest absolute Gasteiger partial charge is 0.468 e. The number of esters is 1. The Balaban J connectivity index is 1.89. The number of ether oxygens (including phenoxy) is 1. The molecule has 0 aliphatic rings. The molecule has 0 aliphatic heterocycles. The van der Waals surface area contributed by atoms with Gasteiger partial charge in [-0.2, -0.15) is 0 Å². The van der Waals surface area contributed by atoms with E-state index in [1.165, 1.54) is 7.11 Å². The van der Waals surface area contributed by atoms with Crippen LogP contribution >= 0.6 is 11.6 Å². The zero-order valence-electron chi connectivity index (χ0n) is 12.0. The summed E-state index contributed by atoms with van der Waals surface area (Å²) in [6.45, 7) is 0. The van der Waals surface area contributed by atoms with Crippen molar-refractivity contribution in [1.82, 2.24) is 4.98 Å². The molecule has 0 spiro atoms. The molecule has 0 bridgehead atoms. The van der Waals surface area contributed by atoms with Crippen molar-refractivity contribution >= 4 is 28.7 Å². The van der Waals surface area contributed by atoms with E-state index in [-0.39, 0.29) is 0 Å². The number of nitrogens with zero attached hydrogens (tertiary/aromatic N) is 1. The number of oxazole rings is 1.